The summed E-state index contributed by atoms with van der Waals surface area (Å²) in [6.45, 7) is 3.43. The van der Waals surface area contributed by atoms with Gasteiger partial charge in [0.2, 0.25) is 0 Å². The molecule has 3 nitrogen and oxygen atoms in total. The Morgan fingerprint density at radius 2 is 2.33 bits per heavy atom. The van der Waals surface area contributed by atoms with Crippen LogP contribution in [0.1, 0.15) is 23.7 Å². The number of nitrogens with two attached hydrogens (primary N) is 1. The number of amides is 1. The summed E-state index contributed by atoms with van der Waals surface area (Å²) in [5, 5.41) is 0.517. The van der Waals surface area contributed by atoms with Crippen LogP contribution >= 0.6 is 34.2 Å². The van der Waals surface area contributed by atoms with Crippen LogP contribution in [0.5, 0.6) is 0 Å². The van der Waals surface area contributed by atoms with E-state index in [0.29, 0.717) is 23.0 Å². The summed E-state index contributed by atoms with van der Waals surface area (Å²) in [5.41, 5.74) is 6.28. The molecule has 0 spiro atoms. The predicted molar refractivity (Wildman–Crippen MR) is 81.8 cm³/mol. The second-order valence-corrected chi connectivity index (χ2v) is 6.42. The van der Waals surface area contributed by atoms with E-state index in [1.807, 2.05) is 17.0 Å². The first-order valence-electron chi connectivity index (χ1n) is 5.99. The normalized spacial score (nSPS) is 23.4. The molecular formula is C13H16ClIN2O. The summed E-state index contributed by atoms with van der Waals surface area (Å²) in [4.78, 5) is 14.4. The average molecular weight is 379 g/mol. The van der Waals surface area contributed by atoms with Gasteiger partial charge in [-0.2, -0.15) is 0 Å². The van der Waals surface area contributed by atoms with Crippen molar-refractivity contribution < 1.29 is 4.79 Å². The van der Waals surface area contributed by atoms with Gasteiger partial charge in [0.15, 0.2) is 0 Å². The van der Waals surface area contributed by atoms with Gasteiger partial charge in [0, 0.05) is 16.2 Å². The average Bonchev–Trinajstić information content (AvgIpc) is 2.73. The maximum Gasteiger partial charge on any atom is 0.255 e. The highest BCUT2D eigenvalue weighted by Gasteiger charge is 2.32. The summed E-state index contributed by atoms with van der Waals surface area (Å²) in [7, 11) is 0. The number of hydrogen-bond acceptors (Lipinski definition) is 2. The SMILES string of the molecule is CC1CC(CN)CN1C(=O)c1cc(I)ccc1Cl. The number of benzene rings is 1. The maximum atomic E-state index is 12.5. The highest BCUT2D eigenvalue weighted by molar-refractivity contribution is 14.1. The van der Waals surface area contributed by atoms with Crippen LogP contribution < -0.4 is 5.73 Å². The van der Waals surface area contributed by atoms with Crippen molar-refractivity contribution >= 4 is 40.1 Å². The van der Waals surface area contributed by atoms with Gasteiger partial charge in [-0.25, -0.2) is 0 Å². The minimum Gasteiger partial charge on any atom is -0.336 e. The van der Waals surface area contributed by atoms with Crippen LogP contribution in [0.4, 0.5) is 0 Å². The van der Waals surface area contributed by atoms with Gasteiger partial charge in [-0.05, 0) is 66.6 Å². The van der Waals surface area contributed by atoms with Crippen LogP contribution in [0.3, 0.4) is 0 Å². The molecule has 1 heterocycles. The molecule has 98 valence electrons. The van der Waals surface area contributed by atoms with E-state index < -0.39 is 0 Å². The largest absolute Gasteiger partial charge is 0.336 e. The lowest BCUT2D eigenvalue weighted by Gasteiger charge is -2.22. The minimum atomic E-state index is 0.0157. The monoisotopic (exact) mass is 378 g/mol. The zero-order valence-electron chi connectivity index (χ0n) is 10.2. The van der Waals surface area contributed by atoms with Crippen LogP contribution in [0.15, 0.2) is 18.2 Å². The Bertz CT molecular complexity index is 466. The Kier molecular flexibility index (Phi) is 4.50. The Morgan fingerprint density at radius 1 is 1.61 bits per heavy atom. The minimum absolute atomic E-state index is 0.0157. The van der Waals surface area contributed by atoms with Crippen LogP contribution in [0.25, 0.3) is 0 Å². The third-order valence-electron chi connectivity index (χ3n) is 3.41. The zero-order valence-corrected chi connectivity index (χ0v) is 13.1. The van der Waals surface area contributed by atoms with Crippen molar-refractivity contribution in [2.75, 3.05) is 13.1 Å². The second kappa shape index (κ2) is 5.75. The molecule has 0 radical (unpaired) electrons. The van der Waals surface area contributed by atoms with Gasteiger partial charge in [0.05, 0.1) is 10.6 Å². The molecule has 1 amide bonds. The van der Waals surface area contributed by atoms with Crippen LogP contribution in [-0.4, -0.2) is 29.9 Å². The molecule has 2 N–H and O–H groups in total. The van der Waals surface area contributed by atoms with E-state index in [1.165, 1.54) is 0 Å². The highest BCUT2D eigenvalue weighted by Crippen LogP contribution is 2.27. The third kappa shape index (κ3) is 2.81. The third-order valence-corrected chi connectivity index (χ3v) is 4.41. The van der Waals surface area contributed by atoms with E-state index in [4.69, 9.17) is 17.3 Å². The number of carbonyl (C=O) groups excluding carboxylic acids is 1. The molecule has 0 saturated carbocycles. The van der Waals surface area contributed by atoms with Gasteiger partial charge in [-0.15, -0.1) is 0 Å². The van der Waals surface area contributed by atoms with E-state index in [1.54, 1.807) is 6.07 Å². The van der Waals surface area contributed by atoms with E-state index in [2.05, 4.69) is 29.5 Å². The number of carbonyl (C=O) groups is 1. The van der Waals surface area contributed by atoms with Gasteiger partial charge >= 0.3 is 0 Å². The molecule has 1 aliphatic rings. The summed E-state index contributed by atoms with van der Waals surface area (Å²) in [6, 6.07) is 5.75. The van der Waals surface area contributed by atoms with Crippen molar-refractivity contribution in [3.63, 3.8) is 0 Å². The molecule has 0 aliphatic carbocycles. The zero-order chi connectivity index (χ0) is 13.3. The fourth-order valence-corrected chi connectivity index (χ4v) is 3.10. The fraction of sp³-hybridized carbons (Fsp3) is 0.462. The first-order chi connectivity index (χ1) is 8.52. The van der Waals surface area contributed by atoms with E-state index in [0.717, 1.165) is 16.5 Å². The molecule has 18 heavy (non-hydrogen) atoms. The molecule has 2 unspecified atom stereocenters. The van der Waals surface area contributed by atoms with Crippen LogP contribution in [0, 0.1) is 9.49 Å². The van der Waals surface area contributed by atoms with Crippen molar-refractivity contribution in [1.29, 1.82) is 0 Å². The Balaban J connectivity index is 2.24. The molecule has 1 aromatic carbocycles. The first-order valence-corrected chi connectivity index (χ1v) is 7.44. The maximum absolute atomic E-state index is 12.5. The van der Waals surface area contributed by atoms with Crippen molar-refractivity contribution in [3.8, 4) is 0 Å². The standard InChI is InChI=1S/C13H16ClIN2O/c1-8-4-9(6-16)7-17(8)13(18)11-5-10(15)2-3-12(11)14/h2-3,5,8-9H,4,6-7,16H2,1H3. The molecule has 1 fully saturated rings. The second-order valence-electron chi connectivity index (χ2n) is 4.77. The van der Waals surface area contributed by atoms with E-state index in [-0.39, 0.29) is 11.9 Å². The molecule has 1 saturated heterocycles. The van der Waals surface area contributed by atoms with Gasteiger partial charge in [-0.3, -0.25) is 4.79 Å². The number of hydrogen-bond donors (Lipinski definition) is 1. The summed E-state index contributed by atoms with van der Waals surface area (Å²) < 4.78 is 1.02. The number of rotatable bonds is 2. The highest BCUT2D eigenvalue weighted by atomic mass is 127. The van der Waals surface area contributed by atoms with Crippen molar-refractivity contribution in [3.05, 3.63) is 32.4 Å². The van der Waals surface area contributed by atoms with Crippen LogP contribution in [-0.2, 0) is 0 Å². The summed E-state index contributed by atoms with van der Waals surface area (Å²) in [6.07, 6.45) is 0.976. The molecule has 5 heteroatoms. The van der Waals surface area contributed by atoms with Crippen molar-refractivity contribution in [2.45, 2.75) is 19.4 Å². The molecule has 2 atom stereocenters. The number of halogens is 2. The molecule has 0 aromatic heterocycles. The Morgan fingerprint density at radius 3 is 2.94 bits per heavy atom. The smallest absolute Gasteiger partial charge is 0.255 e. The lowest BCUT2D eigenvalue weighted by molar-refractivity contribution is 0.0743. The van der Waals surface area contributed by atoms with Gasteiger partial charge in [0.1, 0.15) is 0 Å². The van der Waals surface area contributed by atoms with Crippen molar-refractivity contribution in [1.82, 2.24) is 4.90 Å². The van der Waals surface area contributed by atoms with Crippen LogP contribution in [0.2, 0.25) is 5.02 Å². The van der Waals surface area contributed by atoms with Crippen molar-refractivity contribution in [2.24, 2.45) is 11.7 Å². The first kappa shape index (κ1) is 14.1. The molecule has 1 aromatic rings. The van der Waals surface area contributed by atoms with Gasteiger partial charge in [0.25, 0.3) is 5.91 Å². The molecule has 2 rings (SSSR count). The number of likely N-dealkylation sites (tertiary alicyclic amines) is 1. The lowest BCUT2D eigenvalue weighted by atomic mass is 10.1. The Labute approximate surface area is 126 Å². The fourth-order valence-electron chi connectivity index (χ4n) is 2.41. The predicted octanol–water partition coefficient (Wildman–Crippen LogP) is 2.75. The van der Waals surface area contributed by atoms with Gasteiger partial charge < -0.3 is 10.6 Å². The Hall–Kier alpha value is -0.330. The lowest BCUT2D eigenvalue weighted by Crippen LogP contribution is -2.34. The molecule has 1 aliphatic heterocycles. The van der Waals surface area contributed by atoms with E-state index in [9.17, 15) is 4.79 Å². The van der Waals surface area contributed by atoms with Gasteiger partial charge in [-0.1, -0.05) is 11.6 Å². The summed E-state index contributed by atoms with van der Waals surface area (Å²) >= 11 is 8.30. The topological polar surface area (TPSA) is 46.3 Å². The van der Waals surface area contributed by atoms with E-state index >= 15 is 0 Å². The molecular weight excluding hydrogens is 363 g/mol. The summed E-state index contributed by atoms with van der Waals surface area (Å²) in [5.74, 6) is 0.424. The number of nitrogens with zero attached hydrogens (tertiary/aromatic N) is 1. The molecule has 0 bridgehead atoms. The quantitative estimate of drug-likeness (QED) is 0.805.